The molecule has 1 aliphatic heterocycles. The van der Waals surface area contributed by atoms with E-state index in [0.717, 1.165) is 0 Å². The van der Waals surface area contributed by atoms with Gasteiger partial charge in [0.1, 0.15) is 0 Å². The quantitative estimate of drug-likeness (QED) is 0.407. The molecule has 1 atom stereocenters. The Labute approximate surface area is 79.7 Å². The fourth-order valence-corrected chi connectivity index (χ4v) is 1.18. The summed E-state index contributed by atoms with van der Waals surface area (Å²) in [5.41, 5.74) is -1.56. The maximum Gasteiger partial charge on any atom is 0.424 e. The summed E-state index contributed by atoms with van der Waals surface area (Å²) in [7, 11) is 0. The van der Waals surface area contributed by atoms with Gasteiger partial charge in [0.2, 0.25) is 5.36 Å². The zero-order valence-electron chi connectivity index (χ0n) is 7.47. The third kappa shape index (κ3) is 1.01. The minimum atomic E-state index is -1.56. The summed E-state index contributed by atoms with van der Waals surface area (Å²) >= 11 is 0. The third-order valence-corrected chi connectivity index (χ3v) is 2.02. The molecule has 0 amide bonds. The van der Waals surface area contributed by atoms with E-state index in [9.17, 15) is 5.21 Å². The van der Waals surface area contributed by atoms with Crippen molar-refractivity contribution < 1.29 is 4.84 Å². The summed E-state index contributed by atoms with van der Waals surface area (Å²) in [6.07, 6.45) is 0. The zero-order valence-corrected chi connectivity index (χ0v) is 7.47. The molecule has 1 heterocycles. The molecule has 14 heavy (non-hydrogen) atoms. The number of para-hydroxylation sites is 1. The lowest BCUT2D eigenvalue weighted by Crippen LogP contribution is -2.53. The monoisotopic (exact) mass is 189 g/mol. The van der Waals surface area contributed by atoms with Crippen molar-refractivity contribution in [1.82, 2.24) is 4.74 Å². The summed E-state index contributed by atoms with van der Waals surface area (Å²) < 4.78 is 0.523. The van der Waals surface area contributed by atoms with Gasteiger partial charge in [-0.15, -0.1) is 4.74 Å². The number of nitrogens with zero attached hydrogens (tertiary/aromatic N) is 3. The Morgan fingerprint density at radius 3 is 3.00 bits per heavy atom. The summed E-state index contributed by atoms with van der Waals surface area (Å²) in [5, 5.41) is 24.9. The molecule has 1 aromatic carbocycles. The molecule has 0 radical (unpaired) electrons. The molecular formula is C9H7N3O2. The number of benzene rings is 1. The molecule has 0 aliphatic carbocycles. The predicted molar refractivity (Wildman–Crippen MR) is 46.9 cm³/mol. The predicted octanol–water partition coefficient (Wildman–Crippen LogP) is -0.520. The SMILES string of the molecule is CC1(C#N)ON=c2ccccc2=[N+]1[O-]. The van der Waals surface area contributed by atoms with Crippen LogP contribution >= 0.6 is 0 Å². The number of fused-ring (bicyclic) bond motifs is 1. The summed E-state index contributed by atoms with van der Waals surface area (Å²) in [4.78, 5) is 4.83. The maximum atomic E-state index is 11.7. The van der Waals surface area contributed by atoms with E-state index in [-0.39, 0.29) is 0 Å². The highest BCUT2D eigenvalue weighted by atomic mass is 16.7. The Morgan fingerprint density at radius 2 is 2.29 bits per heavy atom. The van der Waals surface area contributed by atoms with Crippen molar-refractivity contribution in [2.75, 3.05) is 0 Å². The maximum absolute atomic E-state index is 11.7. The third-order valence-electron chi connectivity index (χ3n) is 2.02. The lowest BCUT2D eigenvalue weighted by Gasteiger charge is -2.20. The molecule has 1 aliphatic rings. The largest absolute Gasteiger partial charge is 0.620 e. The smallest absolute Gasteiger partial charge is 0.424 e. The number of nitriles is 1. The Kier molecular flexibility index (Phi) is 1.64. The average Bonchev–Trinajstić information content (AvgIpc) is 2.24. The van der Waals surface area contributed by atoms with E-state index in [1.807, 2.05) is 0 Å². The van der Waals surface area contributed by atoms with Crippen LogP contribution in [0.2, 0.25) is 0 Å². The second-order valence-electron chi connectivity index (χ2n) is 3.06. The molecule has 0 bridgehead atoms. The van der Waals surface area contributed by atoms with Gasteiger partial charge in [0.15, 0.2) is 11.4 Å². The Balaban J connectivity index is 2.84. The summed E-state index contributed by atoms with van der Waals surface area (Å²) in [6, 6.07) is 8.47. The molecular weight excluding hydrogens is 182 g/mol. The van der Waals surface area contributed by atoms with E-state index in [2.05, 4.69) is 5.16 Å². The van der Waals surface area contributed by atoms with Crippen molar-refractivity contribution >= 4 is 0 Å². The molecule has 1 aromatic rings. The van der Waals surface area contributed by atoms with Crippen molar-refractivity contribution in [1.29, 1.82) is 5.26 Å². The van der Waals surface area contributed by atoms with Crippen LogP contribution in [0.5, 0.6) is 0 Å². The van der Waals surface area contributed by atoms with Crippen molar-refractivity contribution in [3.63, 3.8) is 0 Å². The molecule has 5 heteroatoms. The molecule has 5 nitrogen and oxygen atoms in total. The highest BCUT2D eigenvalue weighted by Gasteiger charge is 2.38. The topological polar surface area (TPSA) is 71.4 Å². The van der Waals surface area contributed by atoms with E-state index in [1.54, 1.807) is 30.3 Å². The van der Waals surface area contributed by atoms with Crippen molar-refractivity contribution in [3.05, 3.63) is 40.2 Å². The zero-order chi connectivity index (χ0) is 10.2. The lowest BCUT2D eigenvalue weighted by molar-refractivity contribution is -0.0326. The molecule has 1 unspecified atom stereocenters. The molecule has 0 N–H and O–H groups in total. The molecule has 0 spiro atoms. The summed E-state index contributed by atoms with van der Waals surface area (Å²) in [6.45, 7) is 1.37. The first-order valence-corrected chi connectivity index (χ1v) is 4.04. The first-order valence-electron chi connectivity index (χ1n) is 4.04. The van der Waals surface area contributed by atoms with E-state index < -0.39 is 5.72 Å². The normalized spacial score (nSPS) is 24.1. The van der Waals surface area contributed by atoms with Crippen LogP contribution in [0.15, 0.2) is 29.4 Å². The second-order valence-corrected chi connectivity index (χ2v) is 3.06. The number of rotatable bonds is 0. The molecule has 70 valence electrons. The Hall–Kier alpha value is -2.09. The molecule has 0 fully saturated rings. The van der Waals surface area contributed by atoms with Crippen LogP contribution in [0.3, 0.4) is 0 Å². The van der Waals surface area contributed by atoms with Crippen molar-refractivity contribution in [3.8, 4) is 6.07 Å². The van der Waals surface area contributed by atoms with Crippen LogP contribution in [-0.2, 0) is 4.84 Å². The van der Waals surface area contributed by atoms with Gasteiger partial charge in [-0.05, 0) is 6.07 Å². The minimum absolute atomic E-state index is 0.350. The molecule has 0 saturated carbocycles. The van der Waals surface area contributed by atoms with E-state index in [1.165, 1.54) is 6.92 Å². The Morgan fingerprint density at radius 1 is 1.57 bits per heavy atom. The summed E-state index contributed by atoms with van der Waals surface area (Å²) in [5.74, 6) is 0. The minimum Gasteiger partial charge on any atom is -0.620 e. The van der Waals surface area contributed by atoms with Crippen LogP contribution < -0.4 is 15.5 Å². The van der Waals surface area contributed by atoms with Crippen LogP contribution in [0.4, 0.5) is 0 Å². The molecule has 0 aromatic heterocycles. The van der Waals surface area contributed by atoms with E-state index in [0.29, 0.717) is 15.5 Å². The van der Waals surface area contributed by atoms with Gasteiger partial charge < -0.3 is 10.0 Å². The van der Waals surface area contributed by atoms with Gasteiger partial charge in [0.05, 0.1) is 6.92 Å². The van der Waals surface area contributed by atoms with E-state index >= 15 is 0 Å². The second kappa shape index (κ2) is 2.70. The number of hydroxylamine groups is 1. The van der Waals surface area contributed by atoms with Crippen LogP contribution in [0, 0.1) is 16.5 Å². The molecule has 2 rings (SSSR count). The van der Waals surface area contributed by atoms with Gasteiger partial charge in [-0.2, -0.15) is 5.26 Å². The first-order chi connectivity index (χ1) is 6.67. The van der Waals surface area contributed by atoms with Gasteiger partial charge in [0.25, 0.3) is 0 Å². The lowest BCUT2D eigenvalue weighted by atomic mass is 10.2. The fourth-order valence-electron chi connectivity index (χ4n) is 1.18. The van der Waals surface area contributed by atoms with Crippen LogP contribution in [0.1, 0.15) is 6.92 Å². The van der Waals surface area contributed by atoms with Crippen molar-refractivity contribution in [2.45, 2.75) is 12.6 Å². The number of hydrogen-bond donors (Lipinski definition) is 0. The van der Waals surface area contributed by atoms with Crippen LogP contribution in [-0.4, -0.2) is 5.72 Å². The van der Waals surface area contributed by atoms with Gasteiger partial charge in [-0.1, -0.05) is 17.3 Å². The molecule has 0 saturated heterocycles. The average molecular weight is 189 g/mol. The first kappa shape index (κ1) is 8.51. The standard InChI is InChI=1S/C9H7N3O2/c1-9(6-10)12(13)8-5-3-2-4-7(8)11-14-9/h2-5H,1H3. The van der Waals surface area contributed by atoms with Gasteiger partial charge >= 0.3 is 5.72 Å². The Bertz CT molecular complexity index is 532. The highest BCUT2D eigenvalue weighted by Crippen LogP contribution is 2.08. The fraction of sp³-hybridized carbons (Fsp3) is 0.222. The van der Waals surface area contributed by atoms with Gasteiger partial charge in [-0.25, -0.2) is 0 Å². The number of hydrogen-bond acceptors (Lipinski definition) is 4. The van der Waals surface area contributed by atoms with Gasteiger partial charge in [0, 0.05) is 6.07 Å². The van der Waals surface area contributed by atoms with Crippen molar-refractivity contribution in [2.24, 2.45) is 5.16 Å². The van der Waals surface area contributed by atoms with E-state index in [4.69, 9.17) is 10.1 Å². The highest BCUT2D eigenvalue weighted by molar-refractivity contribution is 5.08. The van der Waals surface area contributed by atoms with Crippen LogP contribution in [0.25, 0.3) is 0 Å². The van der Waals surface area contributed by atoms with Gasteiger partial charge in [-0.3, -0.25) is 0 Å².